The number of nitrogens with one attached hydrogen (secondary N) is 2. The van der Waals surface area contributed by atoms with E-state index in [0.29, 0.717) is 6.54 Å². The van der Waals surface area contributed by atoms with Gasteiger partial charge in [-0.1, -0.05) is 12.1 Å². The van der Waals surface area contributed by atoms with Crippen molar-refractivity contribution in [3.8, 4) is 11.5 Å². The Labute approximate surface area is 171 Å². The number of quaternary nitrogens is 1. The van der Waals surface area contributed by atoms with Crippen LogP contribution in [-0.2, 0) is 6.42 Å². The van der Waals surface area contributed by atoms with Crippen LogP contribution in [-0.4, -0.2) is 38.1 Å². The van der Waals surface area contributed by atoms with Gasteiger partial charge in [0.1, 0.15) is 12.6 Å². The second-order valence-electron chi connectivity index (χ2n) is 8.06. The molecule has 29 heavy (non-hydrogen) atoms. The van der Waals surface area contributed by atoms with Crippen LogP contribution >= 0.6 is 0 Å². The number of fused-ring (bicyclic) bond motifs is 2. The second kappa shape index (κ2) is 7.56. The molecule has 0 spiro atoms. The van der Waals surface area contributed by atoms with Crippen molar-refractivity contribution in [3.63, 3.8) is 0 Å². The largest absolute Gasteiger partial charge is 0.493 e. The van der Waals surface area contributed by atoms with Crippen molar-refractivity contribution in [1.82, 2.24) is 4.98 Å². The van der Waals surface area contributed by atoms with Crippen molar-refractivity contribution in [2.24, 2.45) is 0 Å². The quantitative estimate of drug-likeness (QED) is 0.655. The summed E-state index contributed by atoms with van der Waals surface area (Å²) in [5, 5.41) is 1.02. The van der Waals surface area contributed by atoms with Gasteiger partial charge in [-0.2, -0.15) is 0 Å². The van der Waals surface area contributed by atoms with Gasteiger partial charge < -0.3 is 19.4 Å². The van der Waals surface area contributed by atoms with Crippen LogP contribution in [0.4, 0.5) is 0 Å². The molecule has 2 heterocycles. The number of aromatic nitrogens is 1. The van der Waals surface area contributed by atoms with Gasteiger partial charge in [-0.3, -0.25) is 4.79 Å². The second-order valence-corrected chi connectivity index (χ2v) is 8.06. The number of Topliss-reactive ketones (excluding diaryl/α,β-unsaturated/α-hetero) is 1. The lowest BCUT2D eigenvalue weighted by Gasteiger charge is -2.32. The van der Waals surface area contributed by atoms with Crippen molar-refractivity contribution in [3.05, 3.63) is 58.3 Å². The molecule has 2 aromatic carbocycles. The van der Waals surface area contributed by atoms with Crippen LogP contribution in [0.25, 0.3) is 10.9 Å². The third-order valence-corrected chi connectivity index (χ3v) is 6.25. The summed E-state index contributed by atoms with van der Waals surface area (Å²) < 4.78 is 10.9. The molecule has 1 aliphatic heterocycles. The van der Waals surface area contributed by atoms with Gasteiger partial charge in [0, 0.05) is 28.6 Å². The van der Waals surface area contributed by atoms with Gasteiger partial charge in [-0.05, 0) is 50.1 Å². The fraction of sp³-hybridized carbons (Fsp3) is 0.375. The highest BCUT2D eigenvalue weighted by molar-refractivity contribution is 6.09. The molecule has 2 atom stereocenters. The molecule has 0 radical (unpaired) electrons. The summed E-state index contributed by atoms with van der Waals surface area (Å²) in [6.45, 7) is 7.66. The van der Waals surface area contributed by atoms with Crippen molar-refractivity contribution in [1.29, 1.82) is 0 Å². The van der Waals surface area contributed by atoms with E-state index in [1.54, 1.807) is 14.2 Å². The highest BCUT2D eigenvalue weighted by Crippen LogP contribution is 2.34. The minimum atomic E-state index is 0.198. The fourth-order valence-electron chi connectivity index (χ4n) is 4.63. The first-order chi connectivity index (χ1) is 13.9. The number of rotatable bonds is 5. The van der Waals surface area contributed by atoms with E-state index in [4.69, 9.17) is 9.47 Å². The van der Waals surface area contributed by atoms with Crippen LogP contribution in [0, 0.1) is 13.8 Å². The molecule has 0 saturated carbocycles. The molecular formula is C24H29N2O3+. The van der Waals surface area contributed by atoms with Crippen LogP contribution in [0.2, 0.25) is 0 Å². The van der Waals surface area contributed by atoms with E-state index < -0.39 is 0 Å². The van der Waals surface area contributed by atoms with Gasteiger partial charge >= 0.3 is 0 Å². The smallest absolute Gasteiger partial charge is 0.219 e. The molecule has 2 N–H and O–H groups in total. The molecule has 152 valence electrons. The first kappa shape index (κ1) is 19.5. The number of hydrogen-bond acceptors (Lipinski definition) is 3. The van der Waals surface area contributed by atoms with E-state index >= 15 is 0 Å². The van der Waals surface area contributed by atoms with Crippen LogP contribution in [0.5, 0.6) is 11.5 Å². The third kappa shape index (κ3) is 3.40. The van der Waals surface area contributed by atoms with Gasteiger partial charge in [0.05, 0.1) is 26.3 Å². The highest BCUT2D eigenvalue weighted by atomic mass is 16.5. The zero-order valence-corrected chi connectivity index (χ0v) is 17.8. The third-order valence-electron chi connectivity index (χ3n) is 6.25. The molecule has 0 saturated heterocycles. The van der Waals surface area contributed by atoms with Crippen LogP contribution < -0.4 is 14.4 Å². The van der Waals surface area contributed by atoms with Crippen molar-refractivity contribution < 1.29 is 19.2 Å². The Kier molecular flexibility index (Phi) is 5.09. The molecule has 5 heteroatoms. The maximum atomic E-state index is 13.3. The van der Waals surface area contributed by atoms with Gasteiger partial charge in [0.2, 0.25) is 5.78 Å². The SMILES string of the molecule is COc1cc2c(cc1OC)[C@H](C)[NH+](CC(=O)c1c(C)[nH]c3cc(C)ccc13)CC2. The molecule has 1 aliphatic rings. The molecule has 1 unspecified atom stereocenters. The zero-order valence-electron chi connectivity index (χ0n) is 17.8. The number of benzene rings is 2. The van der Waals surface area contributed by atoms with Crippen LogP contribution in [0.1, 0.15) is 45.7 Å². The first-order valence-electron chi connectivity index (χ1n) is 10.1. The first-order valence-corrected chi connectivity index (χ1v) is 10.1. The van der Waals surface area contributed by atoms with Gasteiger partial charge in [0.25, 0.3) is 0 Å². The summed E-state index contributed by atoms with van der Waals surface area (Å²) >= 11 is 0. The molecule has 0 fully saturated rings. The number of ether oxygens (including phenoxy) is 2. The Bertz CT molecular complexity index is 1080. The van der Waals surface area contributed by atoms with Crippen molar-refractivity contribution >= 4 is 16.7 Å². The normalized spacial score (nSPS) is 18.5. The van der Waals surface area contributed by atoms with E-state index in [-0.39, 0.29) is 11.8 Å². The summed E-state index contributed by atoms with van der Waals surface area (Å²) in [6.07, 6.45) is 0.925. The van der Waals surface area contributed by atoms with E-state index in [1.807, 2.05) is 6.92 Å². The highest BCUT2D eigenvalue weighted by Gasteiger charge is 2.31. The predicted octanol–water partition coefficient (Wildman–Crippen LogP) is 3.19. The van der Waals surface area contributed by atoms with Gasteiger partial charge in [-0.25, -0.2) is 0 Å². The molecule has 4 rings (SSSR count). The Morgan fingerprint density at radius 2 is 1.86 bits per heavy atom. The topological polar surface area (TPSA) is 55.8 Å². The van der Waals surface area contributed by atoms with E-state index in [9.17, 15) is 4.79 Å². The van der Waals surface area contributed by atoms with Gasteiger partial charge in [-0.15, -0.1) is 0 Å². The monoisotopic (exact) mass is 393 g/mol. The lowest BCUT2D eigenvalue weighted by Crippen LogP contribution is -3.13. The molecule has 5 nitrogen and oxygen atoms in total. The van der Waals surface area contributed by atoms with E-state index in [1.165, 1.54) is 21.6 Å². The number of hydrogen-bond donors (Lipinski definition) is 2. The fourth-order valence-corrected chi connectivity index (χ4v) is 4.63. The van der Waals surface area contributed by atoms with E-state index in [2.05, 4.69) is 49.2 Å². The Morgan fingerprint density at radius 1 is 1.14 bits per heavy atom. The summed E-state index contributed by atoms with van der Waals surface area (Å²) in [5.74, 6) is 1.71. The molecule has 1 aromatic heterocycles. The minimum Gasteiger partial charge on any atom is -0.493 e. The predicted molar refractivity (Wildman–Crippen MR) is 114 cm³/mol. The average molecular weight is 394 g/mol. The molecule has 0 amide bonds. The number of carbonyl (C=O) groups is 1. The van der Waals surface area contributed by atoms with Crippen molar-refractivity contribution in [2.75, 3.05) is 27.3 Å². The molecule has 3 aromatic rings. The lowest BCUT2D eigenvalue weighted by atomic mass is 9.92. The summed E-state index contributed by atoms with van der Waals surface area (Å²) in [6, 6.07) is 10.6. The number of aromatic amines is 1. The number of H-pyrrole nitrogens is 1. The number of aryl methyl sites for hydroxylation is 2. The Balaban J connectivity index is 1.61. The molecule has 0 bridgehead atoms. The Morgan fingerprint density at radius 3 is 2.59 bits per heavy atom. The molecule has 0 aliphatic carbocycles. The number of carbonyl (C=O) groups excluding carboxylic acids is 1. The van der Waals surface area contributed by atoms with Crippen LogP contribution in [0.3, 0.4) is 0 Å². The van der Waals surface area contributed by atoms with Crippen LogP contribution in [0.15, 0.2) is 30.3 Å². The average Bonchev–Trinajstić information content (AvgIpc) is 3.03. The van der Waals surface area contributed by atoms with Crippen molar-refractivity contribution in [2.45, 2.75) is 33.2 Å². The van der Waals surface area contributed by atoms with Gasteiger partial charge in [0.15, 0.2) is 11.5 Å². The number of methoxy groups -OCH3 is 2. The zero-order chi connectivity index (χ0) is 20.7. The van der Waals surface area contributed by atoms with E-state index in [0.717, 1.165) is 46.6 Å². The standard InChI is InChI=1S/C24H28N2O3/c1-14-6-7-18-20(10-14)25-15(2)24(18)21(27)13-26-9-8-17-11-22(28-4)23(29-5)12-19(17)16(26)3/h6-7,10-12,16,25H,8-9,13H2,1-5H3/p+1/t16-/m0/s1. The maximum Gasteiger partial charge on any atom is 0.219 e. The minimum absolute atomic E-state index is 0.198. The summed E-state index contributed by atoms with van der Waals surface area (Å²) in [7, 11) is 3.32. The maximum absolute atomic E-state index is 13.3. The number of ketones is 1. The summed E-state index contributed by atoms with van der Waals surface area (Å²) in [5.41, 5.74) is 6.53. The lowest BCUT2D eigenvalue weighted by molar-refractivity contribution is -0.923. The molecular weight excluding hydrogens is 364 g/mol. The Hall–Kier alpha value is -2.79. The summed E-state index contributed by atoms with van der Waals surface area (Å²) in [4.78, 5) is 18.0.